The van der Waals surface area contributed by atoms with E-state index >= 15 is 0 Å². The standard InChI is InChI=1S/C25H21N5O3/c1-2-29(16-23-26-19-12-7-6-11-18(19)24(31)27-23)25(32)21-15-20(22-13-8-14-33-22)28-30(21)17-9-4-3-5-10-17/h3-15H,2,16H2,1H3,(H,26,27,31). The molecule has 0 spiro atoms. The molecule has 0 bridgehead atoms. The highest BCUT2D eigenvalue weighted by Gasteiger charge is 2.23. The second-order valence-electron chi connectivity index (χ2n) is 7.49. The molecule has 0 unspecified atom stereocenters. The molecule has 0 aliphatic carbocycles. The third-order valence-electron chi connectivity index (χ3n) is 5.37. The van der Waals surface area contributed by atoms with Crippen molar-refractivity contribution in [1.29, 1.82) is 0 Å². The summed E-state index contributed by atoms with van der Waals surface area (Å²) in [5.74, 6) is 0.760. The van der Waals surface area contributed by atoms with Crippen molar-refractivity contribution in [1.82, 2.24) is 24.6 Å². The molecule has 3 aromatic heterocycles. The number of rotatable bonds is 6. The number of amides is 1. The first-order chi connectivity index (χ1) is 16.1. The van der Waals surface area contributed by atoms with Crippen molar-refractivity contribution in [3.8, 4) is 17.1 Å². The lowest BCUT2D eigenvalue weighted by Gasteiger charge is -2.21. The van der Waals surface area contributed by atoms with Gasteiger partial charge in [0.15, 0.2) is 5.76 Å². The first kappa shape index (κ1) is 20.4. The monoisotopic (exact) mass is 439 g/mol. The summed E-state index contributed by atoms with van der Waals surface area (Å²) in [5, 5.41) is 5.14. The molecule has 1 N–H and O–H groups in total. The van der Waals surface area contributed by atoms with Gasteiger partial charge in [-0.05, 0) is 43.3 Å². The number of aromatic amines is 1. The summed E-state index contributed by atoms with van der Waals surface area (Å²) in [6, 6.07) is 21.9. The molecule has 33 heavy (non-hydrogen) atoms. The lowest BCUT2D eigenvalue weighted by atomic mass is 10.2. The number of nitrogens with one attached hydrogen (secondary N) is 1. The summed E-state index contributed by atoms with van der Waals surface area (Å²) in [4.78, 5) is 35.0. The van der Waals surface area contributed by atoms with Gasteiger partial charge in [-0.1, -0.05) is 30.3 Å². The second kappa shape index (κ2) is 8.58. The molecule has 164 valence electrons. The van der Waals surface area contributed by atoms with Crippen molar-refractivity contribution in [2.45, 2.75) is 13.5 Å². The van der Waals surface area contributed by atoms with E-state index in [-0.39, 0.29) is 18.0 Å². The van der Waals surface area contributed by atoms with E-state index in [4.69, 9.17) is 4.42 Å². The molecule has 1 amide bonds. The molecule has 0 atom stereocenters. The number of fused-ring (bicyclic) bond motifs is 1. The van der Waals surface area contributed by atoms with Crippen molar-refractivity contribution in [2.75, 3.05) is 6.54 Å². The van der Waals surface area contributed by atoms with Crippen LogP contribution in [0.4, 0.5) is 0 Å². The number of H-pyrrole nitrogens is 1. The van der Waals surface area contributed by atoms with Gasteiger partial charge in [0.2, 0.25) is 0 Å². The van der Waals surface area contributed by atoms with Crippen molar-refractivity contribution in [3.05, 3.63) is 101 Å². The second-order valence-corrected chi connectivity index (χ2v) is 7.49. The fraction of sp³-hybridized carbons (Fsp3) is 0.120. The van der Waals surface area contributed by atoms with Gasteiger partial charge in [-0.15, -0.1) is 0 Å². The molecule has 0 saturated heterocycles. The van der Waals surface area contributed by atoms with Crippen LogP contribution in [-0.4, -0.2) is 37.1 Å². The predicted octanol–water partition coefficient (Wildman–Crippen LogP) is 4.03. The van der Waals surface area contributed by atoms with Gasteiger partial charge in [0.05, 0.1) is 29.4 Å². The van der Waals surface area contributed by atoms with Crippen molar-refractivity contribution in [3.63, 3.8) is 0 Å². The largest absolute Gasteiger partial charge is 0.463 e. The maximum Gasteiger partial charge on any atom is 0.273 e. The fourth-order valence-electron chi connectivity index (χ4n) is 3.72. The summed E-state index contributed by atoms with van der Waals surface area (Å²) in [6.45, 7) is 2.46. The predicted molar refractivity (Wildman–Crippen MR) is 124 cm³/mol. The minimum Gasteiger partial charge on any atom is -0.463 e. The fourth-order valence-corrected chi connectivity index (χ4v) is 3.72. The average Bonchev–Trinajstić information content (AvgIpc) is 3.53. The van der Waals surface area contributed by atoms with E-state index in [0.29, 0.717) is 40.4 Å². The van der Waals surface area contributed by atoms with E-state index in [0.717, 1.165) is 5.69 Å². The van der Waals surface area contributed by atoms with Crippen LogP contribution < -0.4 is 5.56 Å². The highest BCUT2D eigenvalue weighted by Crippen LogP contribution is 2.23. The Hall–Kier alpha value is -4.46. The maximum atomic E-state index is 13.6. The summed E-state index contributed by atoms with van der Waals surface area (Å²) in [7, 11) is 0. The molecule has 0 aliphatic heterocycles. The molecular formula is C25H21N5O3. The van der Waals surface area contributed by atoms with Gasteiger partial charge >= 0.3 is 0 Å². The topological polar surface area (TPSA) is 97.0 Å². The molecule has 8 nitrogen and oxygen atoms in total. The van der Waals surface area contributed by atoms with Gasteiger partial charge in [0.1, 0.15) is 17.2 Å². The maximum absolute atomic E-state index is 13.6. The Bertz CT molecular complexity index is 1470. The minimum atomic E-state index is -0.234. The zero-order chi connectivity index (χ0) is 22.8. The number of carbonyl (C=O) groups excluding carboxylic acids is 1. The number of benzene rings is 2. The normalized spacial score (nSPS) is 11.1. The summed E-state index contributed by atoms with van der Waals surface area (Å²) in [5.41, 5.74) is 2.06. The van der Waals surface area contributed by atoms with E-state index in [1.165, 1.54) is 0 Å². The number of aromatic nitrogens is 4. The van der Waals surface area contributed by atoms with Crippen LogP contribution in [0, 0.1) is 0 Å². The molecule has 8 heteroatoms. The first-order valence-electron chi connectivity index (χ1n) is 10.6. The van der Waals surface area contributed by atoms with Crippen LogP contribution in [0.5, 0.6) is 0 Å². The van der Waals surface area contributed by atoms with Crippen LogP contribution >= 0.6 is 0 Å². The summed E-state index contributed by atoms with van der Waals surface area (Å²) < 4.78 is 7.10. The zero-order valence-electron chi connectivity index (χ0n) is 17.9. The van der Waals surface area contributed by atoms with Gasteiger partial charge in [-0.25, -0.2) is 9.67 Å². The smallest absolute Gasteiger partial charge is 0.273 e. The van der Waals surface area contributed by atoms with Gasteiger partial charge in [-0.2, -0.15) is 5.10 Å². The Balaban J connectivity index is 1.53. The average molecular weight is 439 g/mol. The Morgan fingerprint density at radius 2 is 1.85 bits per heavy atom. The van der Waals surface area contributed by atoms with Gasteiger partial charge in [0, 0.05) is 12.6 Å². The minimum absolute atomic E-state index is 0.158. The summed E-state index contributed by atoms with van der Waals surface area (Å²) >= 11 is 0. The van der Waals surface area contributed by atoms with E-state index in [2.05, 4.69) is 15.1 Å². The number of nitrogens with zero attached hydrogens (tertiary/aromatic N) is 4. The molecule has 3 heterocycles. The Kier molecular flexibility index (Phi) is 5.32. The Morgan fingerprint density at radius 3 is 2.61 bits per heavy atom. The number of para-hydroxylation sites is 2. The number of furan rings is 1. The van der Waals surface area contributed by atoms with Crippen molar-refractivity contribution >= 4 is 16.8 Å². The van der Waals surface area contributed by atoms with Crippen molar-refractivity contribution < 1.29 is 9.21 Å². The SMILES string of the molecule is CCN(Cc1nc2ccccc2c(=O)[nH]1)C(=O)c1cc(-c2ccco2)nn1-c1ccccc1. The van der Waals surface area contributed by atoms with Gasteiger partial charge < -0.3 is 14.3 Å². The lowest BCUT2D eigenvalue weighted by molar-refractivity contribution is 0.0739. The highest BCUT2D eigenvalue weighted by atomic mass is 16.3. The van der Waals surface area contributed by atoms with E-state index < -0.39 is 0 Å². The zero-order valence-corrected chi connectivity index (χ0v) is 17.9. The Labute approximate surface area is 189 Å². The molecule has 5 aromatic rings. The lowest BCUT2D eigenvalue weighted by Crippen LogP contribution is -2.33. The van der Waals surface area contributed by atoms with Crippen LogP contribution in [0.2, 0.25) is 0 Å². The van der Waals surface area contributed by atoms with Gasteiger partial charge in [-0.3, -0.25) is 9.59 Å². The Morgan fingerprint density at radius 1 is 1.06 bits per heavy atom. The molecule has 5 rings (SSSR count). The first-order valence-corrected chi connectivity index (χ1v) is 10.6. The van der Waals surface area contributed by atoms with E-state index in [1.807, 2.05) is 43.3 Å². The van der Waals surface area contributed by atoms with Crippen LogP contribution in [0.25, 0.3) is 28.0 Å². The van der Waals surface area contributed by atoms with Crippen LogP contribution in [-0.2, 0) is 6.54 Å². The third-order valence-corrected chi connectivity index (χ3v) is 5.37. The van der Waals surface area contributed by atoms with Crippen molar-refractivity contribution in [2.24, 2.45) is 0 Å². The number of carbonyl (C=O) groups is 1. The molecule has 0 radical (unpaired) electrons. The molecular weight excluding hydrogens is 418 g/mol. The molecule has 0 fully saturated rings. The summed E-state index contributed by atoms with van der Waals surface area (Å²) in [6.07, 6.45) is 1.57. The molecule has 2 aromatic carbocycles. The van der Waals surface area contributed by atoms with Crippen LogP contribution in [0.1, 0.15) is 23.2 Å². The van der Waals surface area contributed by atoms with Crippen LogP contribution in [0.15, 0.2) is 88.3 Å². The van der Waals surface area contributed by atoms with E-state index in [9.17, 15) is 9.59 Å². The number of hydrogen-bond acceptors (Lipinski definition) is 5. The van der Waals surface area contributed by atoms with E-state index in [1.54, 1.807) is 52.2 Å². The molecule has 0 saturated carbocycles. The number of hydrogen-bond donors (Lipinski definition) is 1. The van der Waals surface area contributed by atoms with Gasteiger partial charge in [0.25, 0.3) is 11.5 Å². The highest BCUT2D eigenvalue weighted by molar-refractivity contribution is 5.94. The van der Waals surface area contributed by atoms with Crippen LogP contribution in [0.3, 0.4) is 0 Å². The third kappa shape index (κ3) is 3.94. The molecule has 0 aliphatic rings. The quantitative estimate of drug-likeness (QED) is 0.431.